The van der Waals surface area contributed by atoms with E-state index < -0.39 is 11.2 Å². The molecule has 1 saturated carbocycles. The zero-order chi connectivity index (χ0) is 6.85. The van der Waals surface area contributed by atoms with Gasteiger partial charge in [-0.1, -0.05) is 0 Å². The standard InChI is InChI=1S/C6H7ClO2/c7-6(9)4-2-1-3-5(4)8/h4H,1-3H2/t4-/m1/s1. The van der Waals surface area contributed by atoms with Crippen LogP contribution >= 0.6 is 11.6 Å². The Balaban J connectivity index is 2.60. The fourth-order valence-electron chi connectivity index (χ4n) is 1.06. The molecular formula is C6H7ClO2. The van der Waals surface area contributed by atoms with Crippen molar-refractivity contribution in [2.24, 2.45) is 5.92 Å². The van der Waals surface area contributed by atoms with Crippen LogP contribution in [-0.2, 0) is 9.59 Å². The molecule has 1 atom stereocenters. The van der Waals surface area contributed by atoms with E-state index in [4.69, 9.17) is 11.6 Å². The van der Waals surface area contributed by atoms with Gasteiger partial charge in [-0.15, -0.1) is 0 Å². The molecule has 0 aromatic rings. The van der Waals surface area contributed by atoms with Gasteiger partial charge < -0.3 is 0 Å². The van der Waals surface area contributed by atoms with Crippen LogP contribution < -0.4 is 0 Å². The molecule has 2 nitrogen and oxygen atoms in total. The predicted octanol–water partition coefficient (Wildman–Crippen LogP) is 1.12. The van der Waals surface area contributed by atoms with Gasteiger partial charge >= 0.3 is 0 Å². The highest BCUT2D eigenvalue weighted by Gasteiger charge is 2.29. The number of halogens is 1. The average Bonchev–Trinajstić information content (AvgIpc) is 2.13. The Morgan fingerprint density at radius 3 is 2.56 bits per heavy atom. The van der Waals surface area contributed by atoms with Gasteiger partial charge in [-0.2, -0.15) is 0 Å². The maximum atomic E-state index is 10.7. The number of rotatable bonds is 1. The van der Waals surface area contributed by atoms with Crippen LogP contribution in [0.15, 0.2) is 0 Å². The minimum Gasteiger partial charge on any atom is -0.299 e. The first kappa shape index (κ1) is 6.75. The second-order valence-corrected chi connectivity index (χ2v) is 2.59. The molecule has 0 aliphatic heterocycles. The highest BCUT2D eigenvalue weighted by Crippen LogP contribution is 2.22. The van der Waals surface area contributed by atoms with Gasteiger partial charge in [0.25, 0.3) is 0 Å². The van der Waals surface area contributed by atoms with Crippen LogP contribution in [-0.4, -0.2) is 11.0 Å². The van der Waals surface area contributed by atoms with E-state index in [-0.39, 0.29) is 5.78 Å². The van der Waals surface area contributed by atoms with Crippen molar-refractivity contribution in [1.29, 1.82) is 0 Å². The zero-order valence-electron chi connectivity index (χ0n) is 4.89. The number of carbonyl (C=O) groups excluding carboxylic acids is 2. The smallest absolute Gasteiger partial charge is 0.232 e. The van der Waals surface area contributed by atoms with Crippen molar-refractivity contribution in [3.05, 3.63) is 0 Å². The normalized spacial score (nSPS) is 26.8. The molecule has 0 saturated heterocycles. The van der Waals surface area contributed by atoms with E-state index >= 15 is 0 Å². The van der Waals surface area contributed by atoms with Crippen molar-refractivity contribution >= 4 is 22.6 Å². The lowest BCUT2D eigenvalue weighted by Gasteiger charge is -1.96. The number of hydrogen-bond acceptors (Lipinski definition) is 2. The Morgan fingerprint density at radius 2 is 2.33 bits per heavy atom. The molecule has 50 valence electrons. The SMILES string of the molecule is O=C(Cl)[C@@H]1CCCC1=O. The van der Waals surface area contributed by atoms with Crippen molar-refractivity contribution in [1.82, 2.24) is 0 Å². The van der Waals surface area contributed by atoms with Gasteiger partial charge in [0.2, 0.25) is 5.24 Å². The molecule has 1 fully saturated rings. The van der Waals surface area contributed by atoms with E-state index in [1.807, 2.05) is 0 Å². The zero-order valence-corrected chi connectivity index (χ0v) is 5.65. The van der Waals surface area contributed by atoms with Crippen LogP contribution in [0, 0.1) is 5.92 Å². The quantitative estimate of drug-likeness (QED) is 0.411. The van der Waals surface area contributed by atoms with Crippen LogP contribution in [0.2, 0.25) is 0 Å². The predicted molar refractivity (Wildman–Crippen MR) is 33.2 cm³/mol. The molecule has 1 aliphatic rings. The maximum Gasteiger partial charge on any atom is 0.232 e. The molecule has 0 amide bonds. The summed E-state index contributed by atoms with van der Waals surface area (Å²) in [6.45, 7) is 0. The molecule has 0 aromatic carbocycles. The van der Waals surface area contributed by atoms with Crippen molar-refractivity contribution in [3.63, 3.8) is 0 Å². The molecule has 0 radical (unpaired) electrons. The van der Waals surface area contributed by atoms with Gasteiger partial charge in [-0.3, -0.25) is 9.59 Å². The fourth-order valence-corrected chi connectivity index (χ4v) is 1.29. The minimum absolute atomic E-state index is 0.00926. The number of hydrogen-bond donors (Lipinski definition) is 0. The number of carbonyl (C=O) groups is 2. The van der Waals surface area contributed by atoms with Gasteiger partial charge in [0.05, 0.1) is 5.92 Å². The maximum absolute atomic E-state index is 10.7. The summed E-state index contributed by atoms with van der Waals surface area (Å²) in [4.78, 5) is 21.1. The van der Waals surface area contributed by atoms with E-state index in [2.05, 4.69) is 0 Å². The summed E-state index contributed by atoms with van der Waals surface area (Å²) in [5, 5.41) is -0.488. The van der Waals surface area contributed by atoms with Crippen molar-refractivity contribution in [3.8, 4) is 0 Å². The molecule has 0 unspecified atom stereocenters. The van der Waals surface area contributed by atoms with E-state index in [1.54, 1.807) is 0 Å². The molecule has 1 rings (SSSR count). The lowest BCUT2D eigenvalue weighted by atomic mass is 10.1. The lowest BCUT2D eigenvalue weighted by Crippen LogP contribution is -2.12. The third kappa shape index (κ3) is 1.30. The number of Topliss-reactive ketones (excluding diaryl/α,β-unsaturated/α-hetero) is 1. The molecule has 9 heavy (non-hydrogen) atoms. The lowest BCUT2D eigenvalue weighted by molar-refractivity contribution is -0.126. The van der Waals surface area contributed by atoms with Crippen LogP contribution in [0.4, 0.5) is 0 Å². The second-order valence-electron chi connectivity index (χ2n) is 2.22. The van der Waals surface area contributed by atoms with Gasteiger partial charge in [0, 0.05) is 6.42 Å². The van der Waals surface area contributed by atoms with Crippen LogP contribution in [0.25, 0.3) is 0 Å². The van der Waals surface area contributed by atoms with Crippen molar-refractivity contribution in [2.45, 2.75) is 19.3 Å². The van der Waals surface area contributed by atoms with Gasteiger partial charge in [0.1, 0.15) is 5.78 Å². The highest BCUT2D eigenvalue weighted by molar-refractivity contribution is 6.65. The summed E-state index contributed by atoms with van der Waals surface area (Å²) in [5.41, 5.74) is 0. The highest BCUT2D eigenvalue weighted by atomic mass is 35.5. The molecule has 0 spiro atoms. The Bertz CT molecular complexity index is 153. The summed E-state index contributed by atoms with van der Waals surface area (Å²) >= 11 is 5.12. The molecule has 0 bridgehead atoms. The molecular weight excluding hydrogens is 140 g/mol. The largest absolute Gasteiger partial charge is 0.299 e. The monoisotopic (exact) mass is 146 g/mol. The molecule has 0 heterocycles. The first-order valence-electron chi connectivity index (χ1n) is 2.94. The van der Waals surface area contributed by atoms with E-state index in [1.165, 1.54) is 0 Å². The van der Waals surface area contributed by atoms with E-state index in [0.717, 1.165) is 6.42 Å². The van der Waals surface area contributed by atoms with E-state index in [0.29, 0.717) is 12.8 Å². The van der Waals surface area contributed by atoms with Gasteiger partial charge in [0.15, 0.2) is 0 Å². The summed E-state index contributed by atoms with van der Waals surface area (Å²) in [7, 11) is 0. The fraction of sp³-hybridized carbons (Fsp3) is 0.667. The third-order valence-electron chi connectivity index (χ3n) is 1.58. The Hall–Kier alpha value is -0.370. The Morgan fingerprint density at radius 1 is 1.67 bits per heavy atom. The Labute approximate surface area is 58.2 Å². The molecule has 0 N–H and O–H groups in total. The first-order valence-corrected chi connectivity index (χ1v) is 3.31. The number of ketones is 1. The van der Waals surface area contributed by atoms with Crippen molar-refractivity contribution < 1.29 is 9.59 Å². The summed E-state index contributed by atoms with van der Waals surface area (Å²) in [5.74, 6) is -0.471. The Kier molecular flexibility index (Phi) is 1.86. The summed E-state index contributed by atoms with van der Waals surface area (Å²) in [6.07, 6.45) is 2.01. The topological polar surface area (TPSA) is 34.1 Å². The molecule has 0 aromatic heterocycles. The van der Waals surface area contributed by atoms with E-state index in [9.17, 15) is 9.59 Å². The molecule has 3 heteroatoms. The second kappa shape index (κ2) is 2.48. The summed E-state index contributed by atoms with van der Waals surface area (Å²) < 4.78 is 0. The van der Waals surface area contributed by atoms with Gasteiger partial charge in [-0.25, -0.2) is 0 Å². The van der Waals surface area contributed by atoms with Crippen LogP contribution in [0.5, 0.6) is 0 Å². The van der Waals surface area contributed by atoms with Crippen LogP contribution in [0.3, 0.4) is 0 Å². The average molecular weight is 147 g/mol. The third-order valence-corrected chi connectivity index (χ3v) is 1.84. The van der Waals surface area contributed by atoms with Crippen LogP contribution in [0.1, 0.15) is 19.3 Å². The van der Waals surface area contributed by atoms with Gasteiger partial charge in [-0.05, 0) is 24.4 Å². The first-order chi connectivity index (χ1) is 4.22. The summed E-state index contributed by atoms with van der Waals surface area (Å²) in [6, 6.07) is 0. The minimum atomic E-state index is -0.488. The molecule has 1 aliphatic carbocycles. The van der Waals surface area contributed by atoms with Crippen molar-refractivity contribution in [2.75, 3.05) is 0 Å².